The summed E-state index contributed by atoms with van der Waals surface area (Å²) >= 11 is 0. The van der Waals surface area contributed by atoms with E-state index in [2.05, 4.69) is 27.7 Å². The molecule has 0 radical (unpaired) electrons. The van der Waals surface area contributed by atoms with E-state index in [1.807, 2.05) is 4.90 Å². The molecule has 0 aromatic carbocycles. The first-order chi connectivity index (χ1) is 9.17. The molecule has 1 N–H and O–H groups in total. The predicted molar refractivity (Wildman–Crippen MR) is 79.4 cm³/mol. The number of amides is 1. The smallest absolute Gasteiger partial charge is 0.303 e. The van der Waals surface area contributed by atoms with Gasteiger partial charge in [-0.25, -0.2) is 0 Å². The number of aliphatic carboxylic acids is 1. The normalized spacial score (nSPS) is 18.9. The van der Waals surface area contributed by atoms with Gasteiger partial charge in [0.15, 0.2) is 0 Å². The van der Waals surface area contributed by atoms with Crippen LogP contribution in [0.3, 0.4) is 0 Å². The summed E-state index contributed by atoms with van der Waals surface area (Å²) < 4.78 is 0. The maximum absolute atomic E-state index is 12.2. The molecule has 0 spiro atoms. The van der Waals surface area contributed by atoms with Gasteiger partial charge in [0.05, 0.1) is 0 Å². The number of carbonyl (C=O) groups is 2. The Morgan fingerprint density at radius 3 is 2.25 bits per heavy atom. The summed E-state index contributed by atoms with van der Waals surface area (Å²) in [7, 11) is 0. The lowest BCUT2D eigenvalue weighted by Gasteiger charge is -2.32. The van der Waals surface area contributed by atoms with Crippen molar-refractivity contribution in [1.29, 1.82) is 0 Å². The van der Waals surface area contributed by atoms with Gasteiger partial charge >= 0.3 is 5.97 Å². The quantitative estimate of drug-likeness (QED) is 0.843. The van der Waals surface area contributed by atoms with E-state index in [0.717, 1.165) is 32.4 Å². The van der Waals surface area contributed by atoms with Crippen molar-refractivity contribution in [2.45, 2.75) is 59.8 Å². The largest absolute Gasteiger partial charge is 0.481 e. The lowest BCUT2D eigenvalue weighted by atomic mass is 9.84. The third kappa shape index (κ3) is 6.40. The van der Waals surface area contributed by atoms with Crippen LogP contribution in [0.15, 0.2) is 0 Å². The van der Waals surface area contributed by atoms with Gasteiger partial charge in [-0.3, -0.25) is 9.59 Å². The molecular weight excluding hydrogens is 254 g/mol. The summed E-state index contributed by atoms with van der Waals surface area (Å²) in [5.74, 6) is 0.145. The van der Waals surface area contributed by atoms with Crippen molar-refractivity contribution in [3.05, 3.63) is 0 Å². The molecule has 1 amide bonds. The van der Waals surface area contributed by atoms with Gasteiger partial charge in [-0.2, -0.15) is 0 Å². The van der Waals surface area contributed by atoms with E-state index >= 15 is 0 Å². The van der Waals surface area contributed by atoms with E-state index < -0.39 is 5.97 Å². The summed E-state index contributed by atoms with van der Waals surface area (Å²) in [4.78, 5) is 24.8. The maximum atomic E-state index is 12.2. The van der Waals surface area contributed by atoms with E-state index in [9.17, 15) is 9.59 Å². The summed E-state index contributed by atoms with van der Waals surface area (Å²) in [6.45, 7) is 10.2. The van der Waals surface area contributed by atoms with E-state index in [-0.39, 0.29) is 23.7 Å². The number of rotatable bonds is 5. The zero-order chi connectivity index (χ0) is 15.3. The molecule has 1 saturated heterocycles. The Morgan fingerprint density at radius 1 is 1.25 bits per heavy atom. The van der Waals surface area contributed by atoms with E-state index in [1.54, 1.807) is 0 Å². The number of carboxylic acids is 1. The molecular formula is C16H29NO3. The fourth-order valence-electron chi connectivity index (χ4n) is 3.18. The number of hydrogen-bond acceptors (Lipinski definition) is 2. The Labute approximate surface area is 122 Å². The van der Waals surface area contributed by atoms with Crippen LogP contribution in [0.25, 0.3) is 0 Å². The Balaban J connectivity index is 2.34. The van der Waals surface area contributed by atoms with Crippen LogP contribution in [-0.2, 0) is 9.59 Å². The molecule has 1 heterocycles. The fraction of sp³-hybridized carbons (Fsp3) is 0.875. The second kappa shape index (κ2) is 7.09. The van der Waals surface area contributed by atoms with Gasteiger partial charge in [0.2, 0.25) is 5.91 Å². The molecule has 20 heavy (non-hydrogen) atoms. The molecule has 1 rings (SSSR count). The van der Waals surface area contributed by atoms with E-state index in [1.165, 1.54) is 0 Å². The monoisotopic (exact) mass is 283 g/mol. The van der Waals surface area contributed by atoms with Gasteiger partial charge in [-0.1, -0.05) is 27.7 Å². The van der Waals surface area contributed by atoms with Crippen molar-refractivity contribution in [3.8, 4) is 0 Å². The van der Waals surface area contributed by atoms with Crippen molar-refractivity contribution in [3.63, 3.8) is 0 Å². The minimum absolute atomic E-state index is 0.232. The van der Waals surface area contributed by atoms with Crippen LogP contribution >= 0.6 is 0 Å². The van der Waals surface area contributed by atoms with Gasteiger partial charge in [-0.05, 0) is 36.5 Å². The van der Waals surface area contributed by atoms with Crippen molar-refractivity contribution in [1.82, 2.24) is 4.90 Å². The van der Waals surface area contributed by atoms with Gasteiger partial charge in [-0.15, -0.1) is 0 Å². The van der Waals surface area contributed by atoms with Gasteiger partial charge in [0.1, 0.15) is 0 Å². The third-order valence-corrected chi connectivity index (χ3v) is 3.91. The molecule has 1 aliphatic heterocycles. The Bertz CT molecular complexity index is 338. The molecule has 4 nitrogen and oxygen atoms in total. The molecule has 0 aliphatic carbocycles. The first kappa shape index (κ1) is 17.0. The van der Waals surface area contributed by atoms with Gasteiger partial charge in [0.25, 0.3) is 0 Å². The van der Waals surface area contributed by atoms with Gasteiger partial charge < -0.3 is 10.0 Å². The number of carbonyl (C=O) groups excluding carboxylic acids is 1. The molecule has 1 atom stereocenters. The molecule has 116 valence electrons. The van der Waals surface area contributed by atoms with Crippen molar-refractivity contribution in [2.75, 3.05) is 13.1 Å². The molecule has 0 aromatic heterocycles. The number of carboxylic acid groups (broad SMARTS) is 1. The Morgan fingerprint density at radius 2 is 1.80 bits per heavy atom. The van der Waals surface area contributed by atoms with Crippen molar-refractivity contribution in [2.24, 2.45) is 17.3 Å². The summed E-state index contributed by atoms with van der Waals surface area (Å²) in [5, 5.41) is 8.79. The zero-order valence-electron chi connectivity index (χ0n) is 13.3. The second-order valence-corrected chi connectivity index (χ2v) is 7.50. The highest BCUT2D eigenvalue weighted by atomic mass is 16.4. The van der Waals surface area contributed by atoms with Crippen LogP contribution in [0.4, 0.5) is 0 Å². The average molecular weight is 283 g/mol. The van der Waals surface area contributed by atoms with Crippen molar-refractivity contribution < 1.29 is 14.7 Å². The fourth-order valence-corrected chi connectivity index (χ4v) is 3.18. The second-order valence-electron chi connectivity index (χ2n) is 7.50. The summed E-state index contributed by atoms with van der Waals surface area (Å²) in [5.41, 5.74) is 0.258. The van der Waals surface area contributed by atoms with Crippen molar-refractivity contribution >= 4 is 11.9 Å². The van der Waals surface area contributed by atoms with Crippen LogP contribution < -0.4 is 0 Å². The Hall–Kier alpha value is -1.06. The number of likely N-dealkylation sites (tertiary alicyclic amines) is 1. The van der Waals surface area contributed by atoms with E-state index in [0.29, 0.717) is 12.3 Å². The van der Waals surface area contributed by atoms with Crippen LogP contribution in [0, 0.1) is 17.3 Å². The highest BCUT2D eigenvalue weighted by Gasteiger charge is 2.26. The average Bonchev–Trinajstić information content (AvgIpc) is 2.26. The van der Waals surface area contributed by atoms with Crippen LogP contribution in [0.2, 0.25) is 0 Å². The summed E-state index contributed by atoms with van der Waals surface area (Å²) in [6.07, 6.45) is 3.55. The number of hydrogen-bond donors (Lipinski definition) is 1. The first-order valence-corrected chi connectivity index (χ1v) is 7.67. The molecule has 1 aliphatic rings. The molecule has 0 saturated carbocycles. The van der Waals surface area contributed by atoms with Crippen LogP contribution in [0.5, 0.6) is 0 Å². The minimum Gasteiger partial charge on any atom is -0.481 e. The lowest BCUT2D eigenvalue weighted by Crippen LogP contribution is -2.39. The highest BCUT2D eigenvalue weighted by molar-refractivity contribution is 5.76. The number of piperidine rings is 1. The molecule has 0 aromatic rings. The topological polar surface area (TPSA) is 57.6 Å². The van der Waals surface area contributed by atoms with E-state index in [4.69, 9.17) is 5.11 Å². The molecule has 1 fully saturated rings. The SMILES string of the molecule is CC(CC(=O)N1CCC(CC(=O)O)CC1)CC(C)(C)C. The Kier molecular flexibility index (Phi) is 6.03. The predicted octanol–water partition coefficient (Wildman–Crippen LogP) is 3.16. The molecule has 1 unspecified atom stereocenters. The van der Waals surface area contributed by atoms with Crippen LogP contribution in [-0.4, -0.2) is 35.0 Å². The third-order valence-electron chi connectivity index (χ3n) is 3.91. The molecule has 0 bridgehead atoms. The molecule has 4 heteroatoms. The first-order valence-electron chi connectivity index (χ1n) is 7.67. The zero-order valence-corrected chi connectivity index (χ0v) is 13.3. The highest BCUT2D eigenvalue weighted by Crippen LogP contribution is 2.27. The standard InChI is InChI=1S/C16H29NO3/c1-12(11-16(2,3)4)9-14(18)17-7-5-13(6-8-17)10-15(19)20/h12-13H,5-11H2,1-4H3,(H,19,20). The lowest BCUT2D eigenvalue weighted by molar-refractivity contribution is -0.138. The summed E-state index contributed by atoms with van der Waals surface area (Å²) in [6, 6.07) is 0. The minimum atomic E-state index is -0.728. The van der Waals surface area contributed by atoms with Crippen LogP contribution in [0.1, 0.15) is 59.8 Å². The maximum Gasteiger partial charge on any atom is 0.303 e. The van der Waals surface area contributed by atoms with Gasteiger partial charge in [0, 0.05) is 25.9 Å². The number of nitrogens with zero attached hydrogens (tertiary/aromatic N) is 1.